The summed E-state index contributed by atoms with van der Waals surface area (Å²) >= 11 is 0. The molecule has 0 aromatic heterocycles. The Balaban J connectivity index is 2.29. The van der Waals surface area contributed by atoms with E-state index in [2.05, 4.69) is 14.8 Å². The molecule has 0 unspecified atom stereocenters. The van der Waals surface area contributed by atoms with Gasteiger partial charge in [-0.3, -0.25) is 0 Å². The first kappa shape index (κ1) is 13.9. The number of carbonyl (C=O) groups is 2. The Morgan fingerprint density at radius 1 is 1.30 bits per heavy atom. The molecule has 1 aliphatic heterocycles. The molecule has 1 aliphatic rings. The molecule has 0 radical (unpaired) electrons. The molecule has 0 fully saturated rings. The summed E-state index contributed by atoms with van der Waals surface area (Å²) in [6.45, 7) is 0.600. The highest BCUT2D eigenvalue weighted by molar-refractivity contribution is 5.98. The standard InChI is InChI=1S/C14H15NO5/c1-18-13(16)8-11(14(17)19-2)15-10-4-3-5-12-9(10)6-7-20-12/h3-5,8,15H,6-7H2,1-2H3/b11-8-. The van der Waals surface area contributed by atoms with E-state index in [0.717, 1.165) is 23.8 Å². The molecule has 0 aliphatic carbocycles. The Morgan fingerprint density at radius 2 is 2.10 bits per heavy atom. The zero-order valence-corrected chi connectivity index (χ0v) is 11.3. The zero-order valence-electron chi connectivity index (χ0n) is 11.3. The van der Waals surface area contributed by atoms with E-state index in [0.29, 0.717) is 12.3 Å². The number of hydrogen-bond acceptors (Lipinski definition) is 6. The van der Waals surface area contributed by atoms with Gasteiger partial charge in [-0.05, 0) is 12.1 Å². The highest BCUT2D eigenvalue weighted by atomic mass is 16.5. The maximum atomic E-state index is 11.7. The number of ether oxygens (including phenoxy) is 3. The second kappa shape index (κ2) is 6.10. The molecule has 0 saturated carbocycles. The van der Waals surface area contributed by atoms with Crippen molar-refractivity contribution in [2.45, 2.75) is 6.42 Å². The molecular formula is C14H15NO5. The van der Waals surface area contributed by atoms with E-state index in [1.54, 1.807) is 6.07 Å². The summed E-state index contributed by atoms with van der Waals surface area (Å²) in [6, 6.07) is 5.47. The van der Waals surface area contributed by atoms with Crippen molar-refractivity contribution in [1.82, 2.24) is 0 Å². The molecule has 1 aromatic rings. The summed E-state index contributed by atoms with van der Waals surface area (Å²) in [5, 5.41) is 2.90. The number of anilines is 1. The van der Waals surface area contributed by atoms with Gasteiger partial charge in [0.05, 0.1) is 26.9 Å². The van der Waals surface area contributed by atoms with Gasteiger partial charge in [0.25, 0.3) is 0 Å². The molecule has 0 amide bonds. The molecule has 106 valence electrons. The predicted molar refractivity (Wildman–Crippen MR) is 71.4 cm³/mol. The predicted octanol–water partition coefficient (Wildman–Crippen LogP) is 1.26. The van der Waals surface area contributed by atoms with Crippen LogP contribution in [0.4, 0.5) is 5.69 Å². The van der Waals surface area contributed by atoms with E-state index in [4.69, 9.17) is 4.74 Å². The number of hydrogen-bond donors (Lipinski definition) is 1. The van der Waals surface area contributed by atoms with Crippen LogP contribution in [0.5, 0.6) is 5.75 Å². The minimum absolute atomic E-state index is 0.0136. The average Bonchev–Trinajstić information content (AvgIpc) is 2.94. The van der Waals surface area contributed by atoms with Crippen LogP contribution in [-0.2, 0) is 25.5 Å². The topological polar surface area (TPSA) is 73.9 Å². The zero-order chi connectivity index (χ0) is 14.5. The van der Waals surface area contributed by atoms with Gasteiger partial charge >= 0.3 is 11.9 Å². The van der Waals surface area contributed by atoms with E-state index in [9.17, 15) is 9.59 Å². The van der Waals surface area contributed by atoms with Gasteiger partial charge in [0.15, 0.2) is 0 Å². The summed E-state index contributed by atoms with van der Waals surface area (Å²) in [6.07, 6.45) is 1.80. The Labute approximate surface area is 116 Å². The van der Waals surface area contributed by atoms with Gasteiger partial charge in [-0.15, -0.1) is 0 Å². The van der Waals surface area contributed by atoms with Crippen LogP contribution < -0.4 is 10.1 Å². The van der Waals surface area contributed by atoms with Crippen LogP contribution in [0.1, 0.15) is 5.56 Å². The third kappa shape index (κ3) is 2.90. The van der Waals surface area contributed by atoms with E-state index < -0.39 is 11.9 Å². The number of esters is 2. The molecule has 6 nitrogen and oxygen atoms in total. The van der Waals surface area contributed by atoms with Crippen molar-refractivity contribution in [3.05, 3.63) is 35.5 Å². The Hall–Kier alpha value is -2.50. The van der Waals surface area contributed by atoms with Gasteiger partial charge in [-0.1, -0.05) is 6.07 Å². The van der Waals surface area contributed by atoms with Crippen molar-refractivity contribution in [1.29, 1.82) is 0 Å². The van der Waals surface area contributed by atoms with Crippen molar-refractivity contribution in [3.8, 4) is 5.75 Å². The largest absolute Gasteiger partial charge is 0.493 e. The van der Waals surface area contributed by atoms with Crippen LogP contribution in [0.2, 0.25) is 0 Å². The first-order valence-corrected chi connectivity index (χ1v) is 6.05. The van der Waals surface area contributed by atoms with Crippen LogP contribution in [0.15, 0.2) is 30.0 Å². The van der Waals surface area contributed by atoms with Crippen LogP contribution in [0.25, 0.3) is 0 Å². The Kier molecular flexibility index (Phi) is 4.24. The lowest BCUT2D eigenvalue weighted by Gasteiger charge is -2.11. The SMILES string of the molecule is COC(=O)/C=C(\Nc1cccc2c1CCO2)C(=O)OC. The van der Waals surface area contributed by atoms with Gasteiger partial charge in [0.1, 0.15) is 11.4 Å². The number of methoxy groups -OCH3 is 2. The van der Waals surface area contributed by atoms with Crippen molar-refractivity contribution in [3.63, 3.8) is 0 Å². The van der Waals surface area contributed by atoms with Gasteiger partial charge in [-0.25, -0.2) is 9.59 Å². The molecular weight excluding hydrogens is 262 g/mol. The lowest BCUT2D eigenvalue weighted by Crippen LogP contribution is -2.16. The highest BCUT2D eigenvalue weighted by Crippen LogP contribution is 2.32. The maximum Gasteiger partial charge on any atom is 0.354 e. The first-order chi connectivity index (χ1) is 9.65. The molecule has 1 aromatic carbocycles. The quantitative estimate of drug-likeness (QED) is 0.660. The fourth-order valence-electron chi connectivity index (χ4n) is 1.92. The fourth-order valence-corrected chi connectivity index (χ4v) is 1.92. The molecule has 6 heteroatoms. The van der Waals surface area contributed by atoms with E-state index in [1.807, 2.05) is 12.1 Å². The average molecular weight is 277 g/mol. The van der Waals surface area contributed by atoms with Crippen LogP contribution in [-0.4, -0.2) is 32.8 Å². The lowest BCUT2D eigenvalue weighted by molar-refractivity contribution is -0.138. The van der Waals surface area contributed by atoms with E-state index in [-0.39, 0.29) is 5.70 Å². The second-order valence-electron chi connectivity index (χ2n) is 4.08. The van der Waals surface area contributed by atoms with Crippen LogP contribution in [0, 0.1) is 0 Å². The van der Waals surface area contributed by atoms with Gasteiger partial charge in [-0.2, -0.15) is 0 Å². The fraction of sp³-hybridized carbons (Fsp3) is 0.286. The number of fused-ring (bicyclic) bond motifs is 1. The highest BCUT2D eigenvalue weighted by Gasteiger charge is 2.19. The summed E-state index contributed by atoms with van der Waals surface area (Å²) in [4.78, 5) is 23.0. The number of benzene rings is 1. The maximum absolute atomic E-state index is 11.7. The van der Waals surface area contributed by atoms with Crippen molar-refractivity contribution in [2.24, 2.45) is 0 Å². The number of nitrogens with one attached hydrogen (secondary N) is 1. The molecule has 0 saturated heterocycles. The molecule has 20 heavy (non-hydrogen) atoms. The monoisotopic (exact) mass is 277 g/mol. The van der Waals surface area contributed by atoms with Crippen molar-refractivity contribution < 1.29 is 23.8 Å². The summed E-state index contributed by atoms with van der Waals surface area (Å²) < 4.78 is 14.6. The lowest BCUT2D eigenvalue weighted by atomic mass is 10.1. The third-order valence-electron chi connectivity index (χ3n) is 2.88. The second-order valence-corrected chi connectivity index (χ2v) is 4.08. The number of rotatable bonds is 4. The van der Waals surface area contributed by atoms with E-state index >= 15 is 0 Å². The van der Waals surface area contributed by atoms with Crippen LogP contribution >= 0.6 is 0 Å². The van der Waals surface area contributed by atoms with Gasteiger partial charge in [0.2, 0.25) is 0 Å². The molecule has 2 rings (SSSR count). The smallest absolute Gasteiger partial charge is 0.354 e. The minimum Gasteiger partial charge on any atom is -0.493 e. The van der Waals surface area contributed by atoms with Gasteiger partial charge < -0.3 is 19.5 Å². The minimum atomic E-state index is -0.646. The van der Waals surface area contributed by atoms with Gasteiger partial charge in [0, 0.05) is 17.7 Å². The Bertz CT molecular complexity index is 565. The Morgan fingerprint density at radius 3 is 2.80 bits per heavy atom. The summed E-state index contributed by atoms with van der Waals surface area (Å²) in [7, 11) is 2.48. The summed E-state index contributed by atoms with van der Waals surface area (Å²) in [5.41, 5.74) is 1.69. The third-order valence-corrected chi connectivity index (χ3v) is 2.88. The van der Waals surface area contributed by atoms with Crippen molar-refractivity contribution >= 4 is 17.6 Å². The summed E-state index contributed by atoms with van der Waals surface area (Å²) in [5.74, 6) is -0.508. The molecule has 0 atom stereocenters. The van der Waals surface area contributed by atoms with E-state index in [1.165, 1.54) is 14.2 Å². The molecule has 0 bridgehead atoms. The number of carbonyl (C=O) groups excluding carboxylic acids is 2. The molecule has 1 heterocycles. The molecule has 0 spiro atoms. The van der Waals surface area contributed by atoms with Crippen LogP contribution in [0.3, 0.4) is 0 Å². The first-order valence-electron chi connectivity index (χ1n) is 6.05. The molecule has 1 N–H and O–H groups in total. The normalized spacial score (nSPS) is 13.2. The van der Waals surface area contributed by atoms with Crippen molar-refractivity contribution in [2.75, 3.05) is 26.1 Å².